The Hall–Kier alpha value is -0.0200. The van der Waals surface area contributed by atoms with E-state index < -0.39 is 0 Å². The van der Waals surface area contributed by atoms with Crippen molar-refractivity contribution in [1.29, 1.82) is 0 Å². The number of hydrogen-bond donors (Lipinski definition) is 2. The van der Waals surface area contributed by atoms with Crippen molar-refractivity contribution in [3.05, 3.63) is 65.9 Å². The highest BCUT2D eigenvalue weighted by Gasteiger charge is 2.15. The van der Waals surface area contributed by atoms with Crippen molar-refractivity contribution in [1.82, 2.24) is 5.43 Å². The Morgan fingerprint density at radius 3 is 2.55 bits per heavy atom. The lowest BCUT2D eigenvalue weighted by Gasteiger charge is -2.18. The summed E-state index contributed by atoms with van der Waals surface area (Å²) in [6.45, 7) is 0. The quantitative estimate of drug-likeness (QED) is 0.353. The first-order chi connectivity index (χ1) is 9.49. The maximum Gasteiger partial charge on any atom is 0.124 e. The smallest absolute Gasteiger partial charge is 0.124 e. The number of halogens is 4. The normalized spacial score (nSPS) is 12.4. The van der Waals surface area contributed by atoms with Crippen LogP contribution in [0.5, 0.6) is 0 Å². The minimum Gasteiger partial charge on any atom is -0.271 e. The number of nitrogens with two attached hydrogens (primary N) is 1. The lowest BCUT2D eigenvalue weighted by Crippen LogP contribution is -2.30. The molecule has 3 N–H and O–H groups in total. The van der Waals surface area contributed by atoms with Crippen LogP contribution in [-0.4, -0.2) is 0 Å². The fourth-order valence-corrected chi connectivity index (χ4v) is 3.61. The van der Waals surface area contributed by atoms with Crippen LogP contribution in [0, 0.1) is 9.39 Å². The van der Waals surface area contributed by atoms with E-state index in [-0.39, 0.29) is 11.9 Å². The van der Waals surface area contributed by atoms with Gasteiger partial charge in [0.15, 0.2) is 0 Å². The molecule has 2 nitrogen and oxygen atoms in total. The molecule has 0 bridgehead atoms. The SMILES string of the molecule is NNC(Cc1cc(F)cc(Br)c1)c1cc(Br)ccc1I. The predicted molar refractivity (Wildman–Crippen MR) is 94.7 cm³/mol. The van der Waals surface area contributed by atoms with Gasteiger partial charge < -0.3 is 0 Å². The minimum atomic E-state index is -0.255. The lowest BCUT2D eigenvalue weighted by molar-refractivity contribution is 0.546. The maximum absolute atomic E-state index is 13.4. The van der Waals surface area contributed by atoms with Gasteiger partial charge in [0.1, 0.15) is 5.82 Å². The molecule has 20 heavy (non-hydrogen) atoms. The van der Waals surface area contributed by atoms with E-state index in [1.54, 1.807) is 0 Å². The molecule has 2 aromatic carbocycles. The van der Waals surface area contributed by atoms with Crippen LogP contribution in [0.25, 0.3) is 0 Å². The highest BCUT2D eigenvalue weighted by Crippen LogP contribution is 2.27. The summed E-state index contributed by atoms with van der Waals surface area (Å²) in [5, 5.41) is 0. The molecule has 0 aliphatic heterocycles. The van der Waals surface area contributed by atoms with E-state index in [1.165, 1.54) is 12.1 Å². The lowest BCUT2D eigenvalue weighted by atomic mass is 9.99. The predicted octanol–water partition coefficient (Wildman–Crippen LogP) is 4.70. The Kier molecular flexibility index (Phi) is 5.97. The molecule has 0 amide bonds. The van der Waals surface area contributed by atoms with E-state index >= 15 is 0 Å². The monoisotopic (exact) mass is 512 g/mol. The average Bonchev–Trinajstić information content (AvgIpc) is 2.38. The van der Waals surface area contributed by atoms with Crippen molar-refractivity contribution >= 4 is 54.5 Å². The largest absolute Gasteiger partial charge is 0.271 e. The Balaban J connectivity index is 2.31. The van der Waals surface area contributed by atoms with Crippen LogP contribution in [0.3, 0.4) is 0 Å². The number of benzene rings is 2. The molecule has 0 aromatic heterocycles. The molecule has 0 aliphatic rings. The van der Waals surface area contributed by atoms with Gasteiger partial charge in [-0.1, -0.05) is 31.9 Å². The zero-order valence-corrected chi connectivity index (χ0v) is 15.7. The molecule has 0 aliphatic carbocycles. The van der Waals surface area contributed by atoms with Gasteiger partial charge in [0, 0.05) is 12.5 Å². The third kappa shape index (κ3) is 4.24. The third-order valence-corrected chi connectivity index (χ3v) is 4.83. The van der Waals surface area contributed by atoms with E-state index in [4.69, 9.17) is 5.84 Å². The first kappa shape index (κ1) is 16.4. The summed E-state index contributed by atoms with van der Waals surface area (Å²) in [6.07, 6.45) is 0.610. The summed E-state index contributed by atoms with van der Waals surface area (Å²) in [7, 11) is 0. The highest BCUT2D eigenvalue weighted by atomic mass is 127. The van der Waals surface area contributed by atoms with Crippen LogP contribution in [0.1, 0.15) is 17.2 Å². The van der Waals surface area contributed by atoms with E-state index in [9.17, 15) is 4.39 Å². The Morgan fingerprint density at radius 1 is 1.15 bits per heavy atom. The van der Waals surface area contributed by atoms with Gasteiger partial charge >= 0.3 is 0 Å². The Bertz CT molecular complexity index is 602. The first-order valence-corrected chi connectivity index (χ1v) is 8.52. The number of rotatable bonds is 4. The van der Waals surface area contributed by atoms with Gasteiger partial charge in [0.25, 0.3) is 0 Å². The van der Waals surface area contributed by atoms with E-state index in [1.807, 2.05) is 24.3 Å². The second-order valence-electron chi connectivity index (χ2n) is 4.37. The van der Waals surface area contributed by atoms with Gasteiger partial charge in [-0.25, -0.2) is 4.39 Å². The van der Waals surface area contributed by atoms with Gasteiger partial charge in [0.2, 0.25) is 0 Å². The van der Waals surface area contributed by atoms with Crippen molar-refractivity contribution in [3.63, 3.8) is 0 Å². The van der Waals surface area contributed by atoms with Gasteiger partial charge in [-0.2, -0.15) is 0 Å². The number of hydrogen-bond acceptors (Lipinski definition) is 2. The minimum absolute atomic E-state index is 0.0758. The summed E-state index contributed by atoms with van der Waals surface area (Å²) >= 11 is 9.04. The summed E-state index contributed by atoms with van der Waals surface area (Å²) in [5.74, 6) is 5.42. The van der Waals surface area contributed by atoms with Crippen LogP contribution in [-0.2, 0) is 6.42 Å². The van der Waals surface area contributed by atoms with Crippen molar-refractivity contribution < 1.29 is 4.39 Å². The molecule has 2 aromatic rings. The molecule has 1 unspecified atom stereocenters. The summed E-state index contributed by atoms with van der Waals surface area (Å²) in [5.41, 5.74) is 4.78. The van der Waals surface area contributed by atoms with Crippen LogP contribution >= 0.6 is 54.5 Å². The second-order valence-corrected chi connectivity index (χ2v) is 7.36. The molecule has 0 radical (unpaired) electrons. The van der Waals surface area contributed by atoms with Crippen LogP contribution in [0.2, 0.25) is 0 Å². The van der Waals surface area contributed by atoms with E-state index in [0.717, 1.165) is 23.6 Å². The van der Waals surface area contributed by atoms with Gasteiger partial charge in [-0.3, -0.25) is 11.3 Å². The van der Waals surface area contributed by atoms with Crippen molar-refractivity contribution in [2.75, 3.05) is 0 Å². The van der Waals surface area contributed by atoms with Crippen LogP contribution < -0.4 is 11.3 Å². The first-order valence-electron chi connectivity index (χ1n) is 5.85. The number of nitrogens with one attached hydrogen (secondary N) is 1. The van der Waals surface area contributed by atoms with Crippen LogP contribution in [0.4, 0.5) is 4.39 Å². The van der Waals surface area contributed by atoms with Crippen molar-refractivity contribution in [2.45, 2.75) is 12.5 Å². The van der Waals surface area contributed by atoms with E-state index in [2.05, 4.69) is 59.9 Å². The molecule has 0 heterocycles. The van der Waals surface area contributed by atoms with Gasteiger partial charge in [-0.05, 0) is 76.5 Å². The van der Waals surface area contributed by atoms with Crippen LogP contribution in [0.15, 0.2) is 45.3 Å². The molecule has 6 heteroatoms. The third-order valence-electron chi connectivity index (χ3n) is 2.90. The van der Waals surface area contributed by atoms with Gasteiger partial charge in [0.05, 0.1) is 6.04 Å². The standard InChI is InChI=1S/C14H12Br2FIN2/c15-9-1-2-13(18)12(7-9)14(20-19)5-8-3-10(16)6-11(17)4-8/h1-4,6-7,14,20H,5,19H2. The molecule has 2 rings (SSSR count). The molecule has 0 fully saturated rings. The fraction of sp³-hybridized carbons (Fsp3) is 0.143. The highest BCUT2D eigenvalue weighted by molar-refractivity contribution is 14.1. The molecule has 0 saturated carbocycles. The fourth-order valence-electron chi connectivity index (χ4n) is 2.00. The zero-order chi connectivity index (χ0) is 14.7. The Morgan fingerprint density at radius 2 is 1.90 bits per heavy atom. The average molecular weight is 514 g/mol. The van der Waals surface area contributed by atoms with Crippen molar-refractivity contribution in [2.24, 2.45) is 5.84 Å². The molecular weight excluding hydrogens is 502 g/mol. The number of hydrazine groups is 1. The summed E-state index contributed by atoms with van der Waals surface area (Å²) in [4.78, 5) is 0. The second kappa shape index (κ2) is 7.31. The maximum atomic E-state index is 13.4. The topological polar surface area (TPSA) is 38.0 Å². The summed E-state index contributed by atoms with van der Waals surface area (Å²) in [6, 6.07) is 10.8. The summed E-state index contributed by atoms with van der Waals surface area (Å²) < 4.78 is 16.3. The molecular formula is C14H12Br2FIN2. The molecule has 1 atom stereocenters. The molecule has 0 saturated heterocycles. The molecule has 106 valence electrons. The molecule has 0 spiro atoms. The Labute approximate surface area is 147 Å². The zero-order valence-electron chi connectivity index (χ0n) is 10.3. The van der Waals surface area contributed by atoms with Crippen molar-refractivity contribution in [3.8, 4) is 0 Å². The van der Waals surface area contributed by atoms with E-state index in [0.29, 0.717) is 6.42 Å². The van der Waals surface area contributed by atoms with Gasteiger partial charge in [-0.15, -0.1) is 0 Å².